The number of hydrogen-bond acceptors (Lipinski definition) is 4. The Hall–Kier alpha value is -2.03. The molecular formula is C20H29IN6. The first-order valence-electron chi connectivity index (χ1n) is 9.27. The molecule has 2 heterocycles. The maximum Gasteiger partial charge on any atom is 0.193 e. The standard InChI is InChI=1S/C20H28N6.HI/c1-21-20(24-13-7-12-22-18-8-3-2-4-9-18)26-16-14-25(15-17-26)19-10-5-6-11-23-19;/h2-6,8-11,22H,7,12-17H2,1H3,(H,21,24);1H. The smallest absolute Gasteiger partial charge is 0.193 e. The number of aromatic nitrogens is 1. The van der Waals surface area contributed by atoms with Crippen LogP contribution >= 0.6 is 24.0 Å². The molecule has 1 aliphatic heterocycles. The normalized spacial score (nSPS) is 14.5. The molecule has 1 fully saturated rings. The fourth-order valence-corrected chi connectivity index (χ4v) is 3.10. The molecule has 6 nitrogen and oxygen atoms in total. The van der Waals surface area contributed by atoms with Gasteiger partial charge >= 0.3 is 0 Å². The van der Waals surface area contributed by atoms with Crippen LogP contribution in [0.4, 0.5) is 11.5 Å². The molecule has 2 N–H and O–H groups in total. The summed E-state index contributed by atoms with van der Waals surface area (Å²) in [5.74, 6) is 2.05. The average Bonchev–Trinajstić information content (AvgIpc) is 2.72. The van der Waals surface area contributed by atoms with E-state index in [4.69, 9.17) is 0 Å². The van der Waals surface area contributed by atoms with Gasteiger partial charge in [0.1, 0.15) is 5.82 Å². The summed E-state index contributed by atoms with van der Waals surface area (Å²) in [5, 5.41) is 6.91. The molecule has 0 radical (unpaired) electrons. The summed E-state index contributed by atoms with van der Waals surface area (Å²) < 4.78 is 0. The van der Waals surface area contributed by atoms with Crippen LogP contribution in [-0.4, -0.2) is 62.2 Å². The highest BCUT2D eigenvalue weighted by Crippen LogP contribution is 2.12. The zero-order valence-corrected chi connectivity index (χ0v) is 18.2. The van der Waals surface area contributed by atoms with E-state index in [0.717, 1.165) is 57.5 Å². The number of halogens is 1. The van der Waals surface area contributed by atoms with E-state index in [9.17, 15) is 0 Å². The average molecular weight is 480 g/mol. The van der Waals surface area contributed by atoms with Crippen molar-refractivity contribution in [2.24, 2.45) is 4.99 Å². The van der Waals surface area contributed by atoms with Gasteiger partial charge in [0.2, 0.25) is 0 Å². The predicted molar refractivity (Wildman–Crippen MR) is 124 cm³/mol. The van der Waals surface area contributed by atoms with Gasteiger partial charge in [-0.05, 0) is 30.7 Å². The van der Waals surface area contributed by atoms with Crippen LogP contribution in [0.15, 0.2) is 59.7 Å². The molecule has 0 amide bonds. The van der Waals surface area contributed by atoms with Gasteiger partial charge in [0.15, 0.2) is 5.96 Å². The number of benzene rings is 1. The summed E-state index contributed by atoms with van der Waals surface area (Å²) in [6.45, 7) is 5.70. The van der Waals surface area contributed by atoms with Gasteiger partial charge in [-0.3, -0.25) is 4.99 Å². The van der Waals surface area contributed by atoms with Gasteiger partial charge in [0.05, 0.1) is 0 Å². The number of aliphatic imine (C=N–C) groups is 1. The number of rotatable bonds is 6. The van der Waals surface area contributed by atoms with Gasteiger partial charge in [-0.25, -0.2) is 4.98 Å². The molecule has 1 aromatic heterocycles. The van der Waals surface area contributed by atoms with Crippen LogP contribution in [-0.2, 0) is 0 Å². The van der Waals surface area contributed by atoms with Gasteiger partial charge in [0.25, 0.3) is 0 Å². The van der Waals surface area contributed by atoms with Crippen molar-refractivity contribution in [1.82, 2.24) is 15.2 Å². The Bertz CT molecular complexity index is 671. The summed E-state index contributed by atoms with van der Waals surface area (Å²) in [4.78, 5) is 13.5. The Kier molecular flexibility index (Phi) is 9.17. The number of guanidine groups is 1. The highest BCUT2D eigenvalue weighted by atomic mass is 127. The molecule has 27 heavy (non-hydrogen) atoms. The third-order valence-electron chi connectivity index (χ3n) is 4.50. The Morgan fingerprint density at radius 2 is 1.74 bits per heavy atom. The molecule has 0 bridgehead atoms. The predicted octanol–water partition coefficient (Wildman–Crippen LogP) is 2.90. The number of anilines is 2. The molecule has 2 aromatic rings. The first-order chi connectivity index (χ1) is 12.9. The van der Waals surface area contributed by atoms with E-state index in [2.05, 4.69) is 48.6 Å². The van der Waals surface area contributed by atoms with Crippen molar-refractivity contribution in [2.45, 2.75) is 6.42 Å². The van der Waals surface area contributed by atoms with Gasteiger partial charge < -0.3 is 20.4 Å². The number of nitrogens with zero attached hydrogens (tertiary/aromatic N) is 4. The first-order valence-corrected chi connectivity index (χ1v) is 9.27. The summed E-state index contributed by atoms with van der Waals surface area (Å²) in [6.07, 6.45) is 2.90. The number of hydrogen-bond donors (Lipinski definition) is 2. The molecule has 146 valence electrons. The number of piperazine rings is 1. The van der Waals surface area contributed by atoms with Crippen LogP contribution in [0.25, 0.3) is 0 Å². The van der Waals surface area contributed by atoms with E-state index in [1.807, 2.05) is 43.6 Å². The Labute approximate surface area is 179 Å². The minimum atomic E-state index is 0. The minimum absolute atomic E-state index is 0. The maximum absolute atomic E-state index is 4.44. The topological polar surface area (TPSA) is 55.8 Å². The van der Waals surface area contributed by atoms with E-state index in [0.29, 0.717) is 0 Å². The van der Waals surface area contributed by atoms with Crippen molar-refractivity contribution in [3.05, 3.63) is 54.7 Å². The number of para-hydroxylation sites is 1. The fraction of sp³-hybridized carbons (Fsp3) is 0.400. The van der Waals surface area contributed by atoms with Crippen LogP contribution < -0.4 is 15.5 Å². The maximum atomic E-state index is 4.44. The second-order valence-electron chi connectivity index (χ2n) is 6.28. The zero-order valence-electron chi connectivity index (χ0n) is 15.8. The Balaban J connectivity index is 0.00000261. The lowest BCUT2D eigenvalue weighted by atomic mass is 10.3. The lowest BCUT2D eigenvalue weighted by molar-refractivity contribution is 0.371. The highest BCUT2D eigenvalue weighted by Gasteiger charge is 2.19. The highest BCUT2D eigenvalue weighted by molar-refractivity contribution is 14.0. The molecule has 3 rings (SSSR count). The largest absolute Gasteiger partial charge is 0.385 e. The summed E-state index contributed by atoms with van der Waals surface area (Å²) in [6, 6.07) is 16.4. The van der Waals surface area contributed by atoms with E-state index < -0.39 is 0 Å². The Morgan fingerprint density at radius 3 is 2.41 bits per heavy atom. The molecule has 1 aromatic carbocycles. The summed E-state index contributed by atoms with van der Waals surface area (Å²) in [5.41, 5.74) is 1.17. The Morgan fingerprint density at radius 1 is 1.00 bits per heavy atom. The van der Waals surface area contributed by atoms with Crippen LogP contribution in [0.1, 0.15) is 6.42 Å². The van der Waals surface area contributed by atoms with E-state index in [-0.39, 0.29) is 24.0 Å². The summed E-state index contributed by atoms with van der Waals surface area (Å²) >= 11 is 0. The monoisotopic (exact) mass is 480 g/mol. The van der Waals surface area contributed by atoms with E-state index in [1.54, 1.807) is 0 Å². The van der Waals surface area contributed by atoms with Crippen molar-refractivity contribution < 1.29 is 0 Å². The molecule has 0 spiro atoms. The van der Waals surface area contributed by atoms with Crippen molar-refractivity contribution >= 4 is 41.4 Å². The van der Waals surface area contributed by atoms with Crippen LogP contribution in [0.3, 0.4) is 0 Å². The van der Waals surface area contributed by atoms with E-state index >= 15 is 0 Å². The third kappa shape index (κ3) is 6.57. The van der Waals surface area contributed by atoms with Crippen molar-refractivity contribution in [3.8, 4) is 0 Å². The minimum Gasteiger partial charge on any atom is -0.385 e. The van der Waals surface area contributed by atoms with Crippen molar-refractivity contribution in [3.63, 3.8) is 0 Å². The second kappa shape index (κ2) is 11.6. The molecule has 0 saturated carbocycles. The van der Waals surface area contributed by atoms with Gasteiger partial charge in [-0.2, -0.15) is 0 Å². The zero-order chi connectivity index (χ0) is 18.0. The number of nitrogens with one attached hydrogen (secondary N) is 2. The SMILES string of the molecule is CN=C(NCCCNc1ccccc1)N1CCN(c2ccccn2)CC1.I. The molecule has 0 unspecified atom stereocenters. The van der Waals surface area contributed by atoms with Gasteiger partial charge in [0, 0.05) is 58.2 Å². The second-order valence-corrected chi connectivity index (χ2v) is 6.28. The van der Waals surface area contributed by atoms with Crippen molar-refractivity contribution in [2.75, 3.05) is 56.5 Å². The molecule has 0 aliphatic carbocycles. The molecule has 1 aliphatic rings. The molecular weight excluding hydrogens is 451 g/mol. The van der Waals surface area contributed by atoms with Crippen LogP contribution in [0, 0.1) is 0 Å². The first kappa shape index (κ1) is 21.3. The molecule has 0 atom stereocenters. The lowest BCUT2D eigenvalue weighted by Gasteiger charge is -2.37. The quantitative estimate of drug-likeness (QED) is 0.288. The molecule has 1 saturated heterocycles. The fourth-order valence-electron chi connectivity index (χ4n) is 3.10. The number of pyridine rings is 1. The van der Waals surface area contributed by atoms with Crippen LogP contribution in [0.2, 0.25) is 0 Å². The summed E-state index contributed by atoms with van der Waals surface area (Å²) in [7, 11) is 1.86. The van der Waals surface area contributed by atoms with Crippen LogP contribution in [0.5, 0.6) is 0 Å². The van der Waals surface area contributed by atoms with E-state index in [1.165, 1.54) is 5.69 Å². The van der Waals surface area contributed by atoms with Gasteiger partial charge in [-0.15, -0.1) is 24.0 Å². The van der Waals surface area contributed by atoms with Gasteiger partial charge in [-0.1, -0.05) is 24.3 Å². The third-order valence-corrected chi connectivity index (χ3v) is 4.50. The lowest BCUT2D eigenvalue weighted by Crippen LogP contribution is -2.52. The molecule has 7 heteroatoms. The van der Waals surface area contributed by atoms with Crippen molar-refractivity contribution in [1.29, 1.82) is 0 Å².